The molecule has 2 fully saturated rings. The van der Waals surface area contributed by atoms with Crippen LogP contribution in [0.2, 0.25) is 36.3 Å². The van der Waals surface area contributed by atoms with Crippen LogP contribution in [-0.4, -0.2) is 53.3 Å². The van der Waals surface area contributed by atoms with Gasteiger partial charge in [0.2, 0.25) is 0 Å². The van der Waals surface area contributed by atoms with Gasteiger partial charge in [-0.05, 0) is 113 Å². The minimum Gasteiger partial charge on any atom is -0.541 e. The van der Waals surface area contributed by atoms with Crippen LogP contribution in [0, 0.1) is 0 Å². The van der Waals surface area contributed by atoms with Gasteiger partial charge in [-0.1, -0.05) is 77.9 Å². The maximum atomic E-state index is 7.40. The minimum atomic E-state index is -2.35. The molecule has 0 aromatic heterocycles. The first-order chi connectivity index (χ1) is 21.5. The number of fused-ring (bicyclic) bond motifs is 3. The van der Waals surface area contributed by atoms with Crippen LogP contribution in [0.1, 0.15) is 96.9 Å². The molecule has 48 heavy (non-hydrogen) atoms. The zero-order chi connectivity index (χ0) is 36.3. The minimum absolute atomic E-state index is 0.0314. The van der Waals surface area contributed by atoms with Crippen molar-refractivity contribution >= 4 is 63.3 Å². The van der Waals surface area contributed by atoms with Crippen LogP contribution in [0.25, 0.3) is 21.5 Å². The lowest BCUT2D eigenvalue weighted by molar-refractivity contribution is 0.00578. The maximum Gasteiger partial charge on any atom is 0.494 e. The van der Waals surface area contributed by atoms with Gasteiger partial charge in [-0.25, -0.2) is 0 Å². The van der Waals surface area contributed by atoms with E-state index < -0.39 is 53.3 Å². The van der Waals surface area contributed by atoms with Crippen LogP contribution in [-0.2, 0) is 18.6 Å². The summed E-state index contributed by atoms with van der Waals surface area (Å²) in [5.74, 6) is 1.61. The molecular formula is C38H60B2O6Si2. The Morgan fingerprint density at radius 3 is 1.00 bits per heavy atom. The lowest BCUT2D eigenvalue weighted by Crippen LogP contribution is -2.46. The van der Waals surface area contributed by atoms with E-state index in [0.29, 0.717) is 0 Å². The van der Waals surface area contributed by atoms with Gasteiger partial charge in [0.15, 0.2) is 11.5 Å². The molecule has 0 bridgehead atoms. The van der Waals surface area contributed by atoms with Crippen LogP contribution in [0.4, 0.5) is 0 Å². The summed E-state index contributed by atoms with van der Waals surface area (Å²) in [4.78, 5) is 0. The highest BCUT2D eigenvalue weighted by Gasteiger charge is 2.53. The van der Waals surface area contributed by atoms with E-state index in [-0.39, 0.29) is 10.1 Å². The van der Waals surface area contributed by atoms with E-state index in [0.717, 1.165) is 44.0 Å². The third-order valence-electron chi connectivity index (χ3n) is 12.5. The molecule has 6 nitrogen and oxygen atoms in total. The predicted octanol–water partition coefficient (Wildman–Crippen LogP) is 9.36. The molecule has 2 aliphatic rings. The Balaban J connectivity index is 1.83. The van der Waals surface area contributed by atoms with Crippen molar-refractivity contribution in [2.24, 2.45) is 0 Å². The first-order valence-corrected chi connectivity index (χ1v) is 23.4. The van der Waals surface area contributed by atoms with Gasteiger partial charge >= 0.3 is 14.2 Å². The lowest BCUT2D eigenvalue weighted by atomic mass is 9.76. The van der Waals surface area contributed by atoms with Crippen molar-refractivity contribution in [2.45, 2.75) is 156 Å². The third kappa shape index (κ3) is 6.32. The Bertz CT molecular complexity index is 1570. The Kier molecular flexibility index (Phi) is 8.85. The highest BCUT2D eigenvalue weighted by Crippen LogP contribution is 2.50. The van der Waals surface area contributed by atoms with E-state index >= 15 is 0 Å². The summed E-state index contributed by atoms with van der Waals surface area (Å²) in [6, 6.07) is 13.1. The first kappa shape index (κ1) is 37.4. The smallest absolute Gasteiger partial charge is 0.494 e. The summed E-state index contributed by atoms with van der Waals surface area (Å²) in [6.07, 6.45) is 0. The largest absolute Gasteiger partial charge is 0.541 e. The number of rotatable bonds is 6. The van der Waals surface area contributed by atoms with Gasteiger partial charge in [0.25, 0.3) is 16.6 Å². The molecule has 0 saturated carbocycles. The topological polar surface area (TPSA) is 55.4 Å². The van der Waals surface area contributed by atoms with Crippen LogP contribution in [0.3, 0.4) is 0 Å². The molecule has 10 heteroatoms. The number of hydrogen-bond acceptors (Lipinski definition) is 6. The van der Waals surface area contributed by atoms with Crippen molar-refractivity contribution in [3.05, 3.63) is 36.4 Å². The molecule has 2 heterocycles. The second kappa shape index (κ2) is 11.3. The van der Waals surface area contributed by atoms with E-state index in [2.05, 4.69) is 160 Å². The van der Waals surface area contributed by atoms with Crippen LogP contribution in [0.5, 0.6) is 11.5 Å². The van der Waals surface area contributed by atoms with Crippen molar-refractivity contribution < 1.29 is 27.5 Å². The fraction of sp³-hybridized carbons (Fsp3) is 0.632. The Labute approximate surface area is 293 Å². The molecule has 0 unspecified atom stereocenters. The van der Waals surface area contributed by atoms with Crippen molar-refractivity contribution in [3.8, 4) is 11.5 Å². The average Bonchev–Trinajstić information content (AvgIpc) is 3.27. The average molecular weight is 691 g/mol. The Morgan fingerprint density at radius 1 is 0.479 bits per heavy atom. The van der Waals surface area contributed by atoms with Gasteiger partial charge in [-0.3, -0.25) is 0 Å². The molecule has 5 rings (SSSR count). The predicted molar refractivity (Wildman–Crippen MR) is 209 cm³/mol. The zero-order valence-electron chi connectivity index (χ0n) is 33.1. The van der Waals surface area contributed by atoms with E-state index in [1.54, 1.807) is 0 Å². The van der Waals surface area contributed by atoms with E-state index in [1.807, 2.05) is 0 Å². The van der Waals surface area contributed by atoms with Crippen LogP contribution in [0.15, 0.2) is 36.4 Å². The fourth-order valence-electron chi connectivity index (χ4n) is 5.48. The second-order valence-corrected chi connectivity index (χ2v) is 28.6. The summed E-state index contributed by atoms with van der Waals surface area (Å²) in [7, 11) is -5.69. The standard InChI is InChI=1S/C38H60B2O6Si2/c1-33(2,3)47(15,16)41-31-29-23-25(39-43-35(7,8)36(9,10)44-39)19-21-27(29)28-22-20-26(40-45-37(11,12)38(13,14)46-40)24-30(28)32(31)42-48(17,18)34(4,5)6/h19-24H,1-18H3. The molecule has 0 radical (unpaired) electrons. The van der Waals surface area contributed by atoms with Gasteiger partial charge in [0.05, 0.1) is 22.4 Å². The fourth-order valence-corrected chi connectivity index (χ4v) is 7.52. The van der Waals surface area contributed by atoms with Gasteiger partial charge in [0.1, 0.15) is 0 Å². The highest BCUT2D eigenvalue weighted by molar-refractivity contribution is 6.76. The lowest BCUT2D eigenvalue weighted by Gasteiger charge is -2.40. The monoisotopic (exact) mass is 690 g/mol. The maximum absolute atomic E-state index is 7.40. The molecule has 3 aromatic carbocycles. The molecule has 3 aromatic rings. The molecule has 2 saturated heterocycles. The quantitative estimate of drug-likeness (QED) is 0.190. The van der Waals surface area contributed by atoms with Crippen molar-refractivity contribution in [3.63, 3.8) is 0 Å². The molecule has 0 aliphatic carbocycles. The van der Waals surface area contributed by atoms with Crippen molar-refractivity contribution in [2.75, 3.05) is 0 Å². The molecule has 0 amide bonds. The normalized spacial score (nSPS) is 21.0. The molecule has 0 spiro atoms. The molecule has 2 aliphatic heterocycles. The summed E-state index contributed by atoms with van der Waals surface area (Å²) < 4.78 is 40.9. The number of hydrogen-bond donors (Lipinski definition) is 0. The van der Waals surface area contributed by atoms with Crippen LogP contribution < -0.4 is 19.8 Å². The Morgan fingerprint density at radius 2 is 0.750 bits per heavy atom. The number of benzene rings is 3. The van der Waals surface area contributed by atoms with Gasteiger partial charge in [-0.2, -0.15) is 0 Å². The second-order valence-electron chi connectivity index (χ2n) is 19.2. The zero-order valence-corrected chi connectivity index (χ0v) is 35.1. The highest BCUT2D eigenvalue weighted by atomic mass is 28.4. The summed E-state index contributed by atoms with van der Waals surface area (Å²) in [6.45, 7) is 39.6. The van der Waals surface area contributed by atoms with Crippen molar-refractivity contribution in [1.29, 1.82) is 0 Å². The van der Waals surface area contributed by atoms with Gasteiger partial charge in [0, 0.05) is 10.8 Å². The molecule has 262 valence electrons. The van der Waals surface area contributed by atoms with E-state index in [4.69, 9.17) is 27.5 Å². The summed E-state index contributed by atoms with van der Waals surface area (Å²) in [5, 5.41) is 4.16. The Hall–Kier alpha value is -1.82. The van der Waals surface area contributed by atoms with Crippen LogP contribution >= 0.6 is 0 Å². The SMILES string of the molecule is CC1(C)OB(c2ccc3c(c2)c(O[Si](C)(C)C(C)(C)C)c(O[Si](C)(C)C(C)(C)C)c2cc(B4OC(C)(C)C(C)(C)O4)ccc23)OC1(C)C. The molecular weight excluding hydrogens is 630 g/mol. The van der Waals surface area contributed by atoms with E-state index in [1.165, 1.54) is 0 Å². The van der Waals surface area contributed by atoms with Crippen molar-refractivity contribution in [1.82, 2.24) is 0 Å². The van der Waals surface area contributed by atoms with Gasteiger partial charge in [-0.15, -0.1) is 0 Å². The summed E-state index contributed by atoms with van der Waals surface area (Å²) >= 11 is 0. The summed E-state index contributed by atoms with van der Waals surface area (Å²) in [5.41, 5.74) is 0.141. The molecule has 0 N–H and O–H groups in total. The molecule has 0 atom stereocenters. The van der Waals surface area contributed by atoms with Gasteiger partial charge < -0.3 is 27.5 Å². The van der Waals surface area contributed by atoms with E-state index in [9.17, 15) is 0 Å². The third-order valence-corrected chi connectivity index (χ3v) is 21.1. The first-order valence-electron chi connectivity index (χ1n) is 17.6.